The first-order valence-electron chi connectivity index (χ1n) is 9.65. The maximum absolute atomic E-state index is 13.3. The van der Waals surface area contributed by atoms with Gasteiger partial charge in [-0.2, -0.15) is 0 Å². The SMILES string of the molecule is COc1ccc(C(=O)N2CCC(Oc3ccc(Br)cc3)c3ccccc32)cc1OC. The predicted molar refractivity (Wildman–Crippen MR) is 120 cm³/mol. The molecular formula is C24H22BrNO4. The summed E-state index contributed by atoms with van der Waals surface area (Å²) in [6.07, 6.45) is 0.586. The van der Waals surface area contributed by atoms with Crippen molar-refractivity contribution in [3.63, 3.8) is 0 Å². The number of carbonyl (C=O) groups is 1. The Labute approximate surface area is 184 Å². The van der Waals surface area contributed by atoms with Crippen LogP contribution in [0.2, 0.25) is 0 Å². The zero-order chi connectivity index (χ0) is 21.1. The molecule has 1 amide bonds. The van der Waals surface area contributed by atoms with Crippen molar-refractivity contribution in [2.75, 3.05) is 25.7 Å². The van der Waals surface area contributed by atoms with E-state index in [0.29, 0.717) is 30.0 Å². The number of hydrogen-bond donors (Lipinski definition) is 0. The van der Waals surface area contributed by atoms with Crippen LogP contribution in [-0.4, -0.2) is 26.7 Å². The molecule has 6 heteroatoms. The third-order valence-corrected chi connectivity index (χ3v) is 5.69. The number of para-hydroxylation sites is 1. The zero-order valence-corrected chi connectivity index (χ0v) is 18.4. The summed E-state index contributed by atoms with van der Waals surface area (Å²) in [6, 6.07) is 20.9. The molecule has 1 atom stereocenters. The fourth-order valence-corrected chi connectivity index (χ4v) is 3.93. The second-order valence-corrected chi connectivity index (χ2v) is 7.85. The van der Waals surface area contributed by atoms with Gasteiger partial charge in [0.1, 0.15) is 11.9 Å². The van der Waals surface area contributed by atoms with E-state index < -0.39 is 0 Å². The second-order valence-electron chi connectivity index (χ2n) is 6.93. The maximum Gasteiger partial charge on any atom is 0.258 e. The molecule has 0 fully saturated rings. The van der Waals surface area contributed by atoms with Crippen molar-refractivity contribution in [1.29, 1.82) is 0 Å². The Bertz CT molecular complexity index is 1050. The molecule has 0 aliphatic carbocycles. The van der Waals surface area contributed by atoms with E-state index in [1.165, 1.54) is 0 Å². The van der Waals surface area contributed by atoms with Crippen LogP contribution in [0.1, 0.15) is 28.4 Å². The largest absolute Gasteiger partial charge is 0.493 e. The van der Waals surface area contributed by atoms with Crippen LogP contribution in [0.15, 0.2) is 71.2 Å². The lowest BCUT2D eigenvalue weighted by molar-refractivity contribution is 0.0975. The molecule has 0 spiro atoms. The maximum atomic E-state index is 13.3. The highest BCUT2D eigenvalue weighted by molar-refractivity contribution is 9.10. The van der Waals surface area contributed by atoms with Gasteiger partial charge >= 0.3 is 0 Å². The van der Waals surface area contributed by atoms with Gasteiger partial charge in [-0.05, 0) is 48.5 Å². The number of ether oxygens (including phenoxy) is 3. The van der Waals surface area contributed by atoms with Gasteiger partial charge in [0.05, 0.1) is 19.9 Å². The Hall–Kier alpha value is -2.99. The molecule has 0 N–H and O–H groups in total. The minimum absolute atomic E-state index is 0.0782. The van der Waals surface area contributed by atoms with E-state index in [-0.39, 0.29) is 12.0 Å². The molecule has 154 valence electrons. The van der Waals surface area contributed by atoms with E-state index in [1.54, 1.807) is 37.3 Å². The summed E-state index contributed by atoms with van der Waals surface area (Å²) in [6.45, 7) is 0.561. The minimum atomic E-state index is -0.114. The Morgan fingerprint density at radius 2 is 1.70 bits per heavy atom. The highest BCUT2D eigenvalue weighted by Crippen LogP contribution is 2.38. The van der Waals surface area contributed by atoms with Crippen LogP contribution in [0.4, 0.5) is 5.69 Å². The molecule has 4 rings (SSSR count). The molecule has 0 radical (unpaired) electrons. The zero-order valence-electron chi connectivity index (χ0n) is 16.8. The predicted octanol–water partition coefficient (Wildman–Crippen LogP) is 5.64. The van der Waals surface area contributed by atoms with Gasteiger partial charge in [-0.15, -0.1) is 0 Å². The number of anilines is 1. The topological polar surface area (TPSA) is 48.0 Å². The van der Waals surface area contributed by atoms with Gasteiger partial charge in [-0.3, -0.25) is 4.79 Å². The van der Waals surface area contributed by atoms with Crippen molar-refractivity contribution in [1.82, 2.24) is 0 Å². The minimum Gasteiger partial charge on any atom is -0.493 e. The molecule has 0 saturated carbocycles. The van der Waals surface area contributed by atoms with E-state index in [1.807, 2.05) is 48.5 Å². The summed E-state index contributed by atoms with van der Waals surface area (Å²) >= 11 is 3.45. The lowest BCUT2D eigenvalue weighted by Crippen LogP contribution is -2.37. The number of halogens is 1. The number of methoxy groups -OCH3 is 2. The number of carbonyl (C=O) groups excluding carboxylic acids is 1. The van der Waals surface area contributed by atoms with Crippen LogP contribution in [0.5, 0.6) is 17.2 Å². The summed E-state index contributed by atoms with van der Waals surface area (Å²) in [5, 5.41) is 0. The number of fused-ring (bicyclic) bond motifs is 1. The van der Waals surface area contributed by atoms with Crippen molar-refractivity contribution in [3.8, 4) is 17.2 Å². The van der Waals surface area contributed by atoms with Crippen LogP contribution in [0, 0.1) is 0 Å². The first kappa shape index (κ1) is 20.3. The van der Waals surface area contributed by atoms with Crippen LogP contribution in [0.25, 0.3) is 0 Å². The average Bonchev–Trinajstić information content (AvgIpc) is 2.79. The lowest BCUT2D eigenvalue weighted by Gasteiger charge is -2.34. The molecule has 1 aliphatic rings. The number of hydrogen-bond acceptors (Lipinski definition) is 4. The van der Waals surface area contributed by atoms with Gasteiger partial charge in [0, 0.05) is 28.6 Å². The van der Waals surface area contributed by atoms with E-state index in [4.69, 9.17) is 14.2 Å². The molecule has 3 aromatic rings. The Morgan fingerprint density at radius 3 is 2.43 bits per heavy atom. The highest BCUT2D eigenvalue weighted by atomic mass is 79.9. The van der Waals surface area contributed by atoms with Crippen molar-refractivity contribution < 1.29 is 19.0 Å². The van der Waals surface area contributed by atoms with E-state index >= 15 is 0 Å². The van der Waals surface area contributed by atoms with E-state index in [2.05, 4.69) is 15.9 Å². The third kappa shape index (κ3) is 4.00. The highest BCUT2D eigenvalue weighted by Gasteiger charge is 2.30. The Morgan fingerprint density at radius 1 is 0.967 bits per heavy atom. The molecule has 1 aliphatic heterocycles. The summed E-state index contributed by atoms with van der Waals surface area (Å²) in [5.74, 6) is 1.85. The first-order valence-corrected chi connectivity index (χ1v) is 10.4. The molecule has 0 aromatic heterocycles. The summed E-state index contributed by atoms with van der Waals surface area (Å²) in [7, 11) is 3.14. The average molecular weight is 468 g/mol. The summed E-state index contributed by atoms with van der Waals surface area (Å²) < 4.78 is 17.9. The van der Waals surface area contributed by atoms with Gasteiger partial charge in [-0.25, -0.2) is 0 Å². The lowest BCUT2D eigenvalue weighted by atomic mass is 9.97. The number of benzene rings is 3. The molecule has 1 unspecified atom stereocenters. The van der Waals surface area contributed by atoms with Gasteiger partial charge in [0.25, 0.3) is 5.91 Å². The molecular weight excluding hydrogens is 446 g/mol. The van der Waals surface area contributed by atoms with Gasteiger partial charge in [-0.1, -0.05) is 34.1 Å². The fraction of sp³-hybridized carbons (Fsp3) is 0.208. The van der Waals surface area contributed by atoms with Crippen molar-refractivity contribution in [3.05, 3.63) is 82.3 Å². The van der Waals surface area contributed by atoms with Crippen molar-refractivity contribution >= 4 is 27.5 Å². The molecule has 3 aromatic carbocycles. The first-order chi connectivity index (χ1) is 14.6. The molecule has 0 bridgehead atoms. The summed E-state index contributed by atoms with van der Waals surface area (Å²) in [5.41, 5.74) is 2.42. The van der Waals surface area contributed by atoms with Crippen molar-refractivity contribution in [2.24, 2.45) is 0 Å². The fourth-order valence-electron chi connectivity index (χ4n) is 3.66. The van der Waals surface area contributed by atoms with E-state index in [0.717, 1.165) is 21.5 Å². The number of rotatable bonds is 5. The van der Waals surface area contributed by atoms with Crippen LogP contribution < -0.4 is 19.1 Å². The molecule has 30 heavy (non-hydrogen) atoms. The van der Waals surface area contributed by atoms with Gasteiger partial charge in [0.15, 0.2) is 11.5 Å². The second kappa shape index (κ2) is 8.79. The van der Waals surface area contributed by atoms with Crippen LogP contribution in [0.3, 0.4) is 0 Å². The van der Waals surface area contributed by atoms with E-state index in [9.17, 15) is 4.79 Å². The van der Waals surface area contributed by atoms with Crippen LogP contribution >= 0.6 is 15.9 Å². The molecule has 5 nitrogen and oxygen atoms in total. The molecule has 0 saturated heterocycles. The summed E-state index contributed by atoms with van der Waals surface area (Å²) in [4.78, 5) is 15.1. The number of nitrogens with zero attached hydrogens (tertiary/aromatic N) is 1. The quantitative estimate of drug-likeness (QED) is 0.487. The molecule has 1 heterocycles. The Kier molecular flexibility index (Phi) is 5.95. The van der Waals surface area contributed by atoms with Crippen LogP contribution in [-0.2, 0) is 0 Å². The normalized spacial score (nSPS) is 15.3. The smallest absolute Gasteiger partial charge is 0.258 e. The third-order valence-electron chi connectivity index (χ3n) is 5.16. The number of amides is 1. The van der Waals surface area contributed by atoms with Gasteiger partial charge in [0.2, 0.25) is 0 Å². The standard InChI is InChI=1S/C24H22BrNO4/c1-28-22-12-7-16(15-23(22)29-2)24(27)26-14-13-21(19-5-3-4-6-20(19)26)30-18-10-8-17(25)9-11-18/h3-12,15,21H,13-14H2,1-2H3. The van der Waals surface area contributed by atoms with Crippen molar-refractivity contribution in [2.45, 2.75) is 12.5 Å². The monoisotopic (exact) mass is 467 g/mol. The Balaban J connectivity index is 1.62. The van der Waals surface area contributed by atoms with Gasteiger partial charge < -0.3 is 19.1 Å².